The Morgan fingerprint density at radius 1 is 1.50 bits per heavy atom. The van der Waals surface area contributed by atoms with E-state index in [0.29, 0.717) is 6.04 Å². The summed E-state index contributed by atoms with van der Waals surface area (Å²) >= 11 is 0. The molecule has 2 fully saturated rings. The molecule has 2 rings (SSSR count). The Morgan fingerprint density at radius 3 is 2.83 bits per heavy atom. The zero-order valence-corrected chi connectivity index (χ0v) is 12.0. The molecule has 18 heavy (non-hydrogen) atoms. The maximum atomic E-state index is 12.4. The molecule has 0 aromatic rings. The molecule has 0 spiro atoms. The Morgan fingerprint density at radius 2 is 2.22 bits per heavy atom. The lowest BCUT2D eigenvalue weighted by molar-refractivity contribution is -0.138. The lowest BCUT2D eigenvalue weighted by Crippen LogP contribution is -2.50. The van der Waals surface area contributed by atoms with Crippen LogP contribution in [0.4, 0.5) is 0 Å². The minimum Gasteiger partial charge on any atom is -0.375 e. The van der Waals surface area contributed by atoms with Gasteiger partial charge in [0.25, 0.3) is 0 Å². The van der Waals surface area contributed by atoms with Gasteiger partial charge in [0, 0.05) is 12.6 Å². The normalized spacial score (nSPS) is 36.1. The van der Waals surface area contributed by atoms with Crippen molar-refractivity contribution in [1.29, 1.82) is 0 Å². The topological polar surface area (TPSA) is 41.6 Å². The Bertz CT molecular complexity index is 317. The third-order valence-corrected chi connectivity index (χ3v) is 4.05. The molecular weight excluding hydrogens is 228 g/mol. The van der Waals surface area contributed by atoms with Gasteiger partial charge < -0.3 is 9.64 Å². The van der Waals surface area contributed by atoms with Crippen molar-refractivity contribution in [2.75, 3.05) is 6.61 Å². The van der Waals surface area contributed by atoms with Crippen LogP contribution in [0.1, 0.15) is 53.4 Å². The summed E-state index contributed by atoms with van der Waals surface area (Å²) in [7, 11) is 0. The van der Waals surface area contributed by atoms with Gasteiger partial charge in [0.2, 0.25) is 5.91 Å². The second-order valence-corrected chi connectivity index (χ2v) is 6.18. The zero-order valence-electron chi connectivity index (χ0n) is 12.0. The maximum absolute atomic E-state index is 12.4. The minimum atomic E-state index is -0.105. The van der Waals surface area contributed by atoms with Crippen molar-refractivity contribution < 1.29 is 9.53 Å². The third kappa shape index (κ3) is 2.69. The molecular formula is C14H26N2O2. The van der Waals surface area contributed by atoms with E-state index >= 15 is 0 Å². The van der Waals surface area contributed by atoms with Crippen LogP contribution in [-0.2, 0) is 9.53 Å². The molecule has 0 radical (unpaired) electrons. The summed E-state index contributed by atoms with van der Waals surface area (Å²) < 4.78 is 5.74. The van der Waals surface area contributed by atoms with Crippen molar-refractivity contribution in [2.24, 2.45) is 0 Å². The number of hydrogen-bond acceptors (Lipinski definition) is 3. The lowest BCUT2D eigenvalue weighted by atomic mass is 9.92. The molecule has 3 atom stereocenters. The number of amides is 1. The van der Waals surface area contributed by atoms with Gasteiger partial charge in [-0.1, -0.05) is 13.3 Å². The first kappa shape index (κ1) is 13.8. The van der Waals surface area contributed by atoms with Crippen LogP contribution >= 0.6 is 0 Å². The molecule has 2 aliphatic heterocycles. The molecule has 0 aromatic heterocycles. The highest BCUT2D eigenvalue weighted by Crippen LogP contribution is 2.30. The van der Waals surface area contributed by atoms with Crippen molar-refractivity contribution >= 4 is 5.91 Å². The average Bonchev–Trinajstić information content (AvgIpc) is 2.53. The molecule has 104 valence electrons. The van der Waals surface area contributed by atoms with Crippen LogP contribution in [0, 0.1) is 0 Å². The summed E-state index contributed by atoms with van der Waals surface area (Å²) in [5.41, 5.74) is -0.105. The van der Waals surface area contributed by atoms with Gasteiger partial charge in [0.15, 0.2) is 0 Å². The number of carbonyl (C=O) groups is 1. The second-order valence-electron chi connectivity index (χ2n) is 6.18. The van der Waals surface area contributed by atoms with Crippen LogP contribution in [0.15, 0.2) is 0 Å². The van der Waals surface area contributed by atoms with E-state index in [1.165, 1.54) is 0 Å². The predicted octanol–water partition coefficient (Wildman–Crippen LogP) is 1.89. The fourth-order valence-corrected chi connectivity index (χ4v) is 3.24. The number of nitrogens with zero attached hydrogens (tertiary/aromatic N) is 1. The smallest absolute Gasteiger partial charge is 0.241 e. The highest BCUT2D eigenvalue weighted by atomic mass is 16.5. The van der Waals surface area contributed by atoms with Crippen LogP contribution < -0.4 is 5.32 Å². The van der Waals surface area contributed by atoms with Crippen LogP contribution in [0.25, 0.3) is 0 Å². The second kappa shape index (κ2) is 5.17. The third-order valence-electron chi connectivity index (χ3n) is 4.05. The number of hydrogen-bond donors (Lipinski definition) is 1. The van der Waals surface area contributed by atoms with Crippen molar-refractivity contribution in [3.63, 3.8) is 0 Å². The van der Waals surface area contributed by atoms with Crippen molar-refractivity contribution in [2.45, 2.75) is 77.2 Å². The highest BCUT2D eigenvalue weighted by molar-refractivity contribution is 5.84. The van der Waals surface area contributed by atoms with Crippen LogP contribution in [-0.4, -0.2) is 41.3 Å². The van der Waals surface area contributed by atoms with Gasteiger partial charge >= 0.3 is 0 Å². The average molecular weight is 254 g/mol. The van der Waals surface area contributed by atoms with Gasteiger partial charge in [-0.2, -0.15) is 0 Å². The number of nitrogens with one attached hydrogen (secondary N) is 1. The fourth-order valence-electron chi connectivity index (χ4n) is 3.24. The van der Waals surface area contributed by atoms with Crippen LogP contribution in [0.3, 0.4) is 0 Å². The van der Waals surface area contributed by atoms with Gasteiger partial charge in [0.1, 0.15) is 0 Å². The largest absolute Gasteiger partial charge is 0.375 e. The summed E-state index contributed by atoms with van der Waals surface area (Å²) in [5, 5.41) is 3.41. The molecule has 0 saturated carbocycles. The van der Waals surface area contributed by atoms with Crippen LogP contribution in [0.5, 0.6) is 0 Å². The highest BCUT2D eigenvalue weighted by Gasteiger charge is 2.42. The van der Waals surface area contributed by atoms with E-state index in [1.807, 2.05) is 0 Å². The molecule has 4 heteroatoms. The lowest BCUT2D eigenvalue weighted by Gasteiger charge is -2.41. The first-order valence-corrected chi connectivity index (χ1v) is 7.17. The van der Waals surface area contributed by atoms with Crippen molar-refractivity contribution in [1.82, 2.24) is 10.2 Å². The summed E-state index contributed by atoms with van der Waals surface area (Å²) in [5.74, 6) is 0.284. The van der Waals surface area contributed by atoms with E-state index in [0.717, 1.165) is 32.3 Å². The van der Waals surface area contributed by atoms with Crippen molar-refractivity contribution in [3.8, 4) is 0 Å². The predicted molar refractivity (Wildman–Crippen MR) is 71.2 cm³/mol. The molecule has 4 nitrogen and oxygen atoms in total. The summed E-state index contributed by atoms with van der Waals surface area (Å²) in [6, 6.07) is 0.349. The molecule has 2 saturated heterocycles. The molecule has 1 amide bonds. The minimum absolute atomic E-state index is 0.0240. The quantitative estimate of drug-likeness (QED) is 0.836. The van der Waals surface area contributed by atoms with Crippen molar-refractivity contribution in [3.05, 3.63) is 0 Å². The van der Waals surface area contributed by atoms with Gasteiger partial charge in [-0.15, -0.1) is 0 Å². The van der Waals surface area contributed by atoms with E-state index < -0.39 is 0 Å². The molecule has 0 bridgehead atoms. The molecule has 2 heterocycles. The Balaban J connectivity index is 2.06. The molecule has 0 aromatic carbocycles. The Hall–Kier alpha value is -0.610. The first-order chi connectivity index (χ1) is 8.44. The molecule has 1 N–H and O–H groups in total. The molecule has 3 unspecified atom stereocenters. The van der Waals surface area contributed by atoms with E-state index in [-0.39, 0.29) is 23.7 Å². The zero-order chi connectivity index (χ0) is 13.3. The van der Waals surface area contributed by atoms with Gasteiger partial charge in [-0.25, -0.2) is 0 Å². The van der Waals surface area contributed by atoms with Gasteiger partial charge in [-0.3, -0.25) is 10.1 Å². The van der Waals surface area contributed by atoms with Gasteiger partial charge in [-0.05, 0) is 40.0 Å². The number of ether oxygens (including phenoxy) is 1. The summed E-state index contributed by atoms with van der Waals surface area (Å²) in [6.07, 6.45) is 4.03. The van der Waals surface area contributed by atoms with Crippen LogP contribution in [0.2, 0.25) is 0 Å². The van der Waals surface area contributed by atoms with E-state index in [2.05, 4.69) is 37.9 Å². The monoisotopic (exact) mass is 254 g/mol. The maximum Gasteiger partial charge on any atom is 0.241 e. The number of carbonyl (C=O) groups excluding carboxylic acids is 1. The number of rotatable bonds is 3. The molecule has 2 aliphatic rings. The SMILES string of the molecule is CCCC1NC(C)N(C2CCOC(C)(C)C2)C1=O. The standard InChI is InChI=1S/C14H26N2O2/c1-5-6-12-13(17)16(10(2)15-12)11-7-8-18-14(3,4)9-11/h10-12,15H,5-9H2,1-4H3. The fraction of sp³-hybridized carbons (Fsp3) is 0.929. The van der Waals surface area contributed by atoms with E-state index in [1.54, 1.807) is 0 Å². The summed E-state index contributed by atoms with van der Waals surface area (Å²) in [6.45, 7) is 9.20. The van der Waals surface area contributed by atoms with Gasteiger partial charge in [0.05, 0.1) is 17.8 Å². The Kier molecular flexibility index (Phi) is 3.97. The van der Waals surface area contributed by atoms with E-state index in [9.17, 15) is 4.79 Å². The molecule has 0 aliphatic carbocycles. The van der Waals surface area contributed by atoms with E-state index in [4.69, 9.17) is 4.74 Å². The Labute approximate surface area is 110 Å². The first-order valence-electron chi connectivity index (χ1n) is 7.17. The summed E-state index contributed by atoms with van der Waals surface area (Å²) in [4.78, 5) is 14.5.